The summed E-state index contributed by atoms with van der Waals surface area (Å²) >= 11 is 0. The van der Waals surface area contributed by atoms with E-state index in [1.54, 1.807) is 0 Å². The molecule has 3 heteroatoms. The number of nitrogens with one attached hydrogen (secondary N) is 1. The van der Waals surface area contributed by atoms with Gasteiger partial charge in [-0.05, 0) is 17.5 Å². The van der Waals surface area contributed by atoms with Crippen LogP contribution in [0.2, 0.25) is 0 Å². The molecule has 25 heavy (non-hydrogen) atoms. The number of hydrogen-bond donors (Lipinski definition) is 1. The molecule has 0 radical (unpaired) electrons. The van der Waals surface area contributed by atoms with Crippen molar-refractivity contribution in [3.05, 3.63) is 71.8 Å². The van der Waals surface area contributed by atoms with Crippen LogP contribution in [-0.2, 0) is 11.3 Å². The molecular weight excluding hydrogens is 308 g/mol. The SMILES string of the molecule is CCC(C)C(=O)N[C@@H]1CN(Cc2ccccc2)C[C@H]1c1ccccc1. The smallest absolute Gasteiger partial charge is 0.223 e. The summed E-state index contributed by atoms with van der Waals surface area (Å²) in [6.07, 6.45) is 0.877. The molecule has 1 unspecified atom stereocenters. The van der Waals surface area contributed by atoms with Crippen molar-refractivity contribution in [3.63, 3.8) is 0 Å². The fraction of sp³-hybridized carbons (Fsp3) is 0.409. The Morgan fingerprint density at radius 1 is 1.08 bits per heavy atom. The zero-order valence-corrected chi connectivity index (χ0v) is 15.2. The Bertz CT molecular complexity index is 671. The third-order valence-corrected chi connectivity index (χ3v) is 5.26. The maximum absolute atomic E-state index is 12.4. The molecule has 0 bridgehead atoms. The van der Waals surface area contributed by atoms with Crippen molar-refractivity contribution in [3.8, 4) is 0 Å². The quantitative estimate of drug-likeness (QED) is 0.870. The van der Waals surface area contributed by atoms with Crippen molar-refractivity contribution in [2.45, 2.75) is 38.8 Å². The number of carbonyl (C=O) groups excluding carboxylic acids is 1. The van der Waals surface area contributed by atoms with Crippen molar-refractivity contribution >= 4 is 5.91 Å². The van der Waals surface area contributed by atoms with Crippen LogP contribution in [0.4, 0.5) is 0 Å². The molecule has 1 N–H and O–H groups in total. The van der Waals surface area contributed by atoms with Gasteiger partial charge >= 0.3 is 0 Å². The largest absolute Gasteiger partial charge is 0.351 e. The van der Waals surface area contributed by atoms with Gasteiger partial charge in [-0.3, -0.25) is 9.69 Å². The van der Waals surface area contributed by atoms with Crippen LogP contribution in [0.3, 0.4) is 0 Å². The van der Waals surface area contributed by atoms with Crippen LogP contribution in [-0.4, -0.2) is 29.9 Å². The minimum atomic E-state index is 0.0691. The second-order valence-corrected chi connectivity index (χ2v) is 7.12. The Hall–Kier alpha value is -2.13. The van der Waals surface area contributed by atoms with Crippen molar-refractivity contribution in [1.82, 2.24) is 10.2 Å². The molecular formula is C22H28N2O. The Labute approximate surface area is 151 Å². The summed E-state index contributed by atoms with van der Waals surface area (Å²) in [6.45, 7) is 6.87. The highest BCUT2D eigenvalue weighted by atomic mass is 16.1. The van der Waals surface area contributed by atoms with E-state index in [1.165, 1.54) is 11.1 Å². The fourth-order valence-electron chi connectivity index (χ4n) is 3.55. The van der Waals surface area contributed by atoms with Crippen LogP contribution in [0, 0.1) is 5.92 Å². The first kappa shape index (κ1) is 17.7. The number of amides is 1. The molecule has 132 valence electrons. The molecule has 0 spiro atoms. The second kappa shape index (κ2) is 8.30. The molecule has 1 saturated heterocycles. The molecule has 3 rings (SSSR count). The first-order chi connectivity index (χ1) is 12.2. The lowest BCUT2D eigenvalue weighted by molar-refractivity contribution is -0.125. The number of carbonyl (C=O) groups is 1. The number of rotatable bonds is 6. The molecule has 0 aliphatic carbocycles. The Morgan fingerprint density at radius 2 is 1.72 bits per heavy atom. The Balaban J connectivity index is 1.74. The van der Waals surface area contributed by atoms with Crippen molar-refractivity contribution in [2.24, 2.45) is 5.92 Å². The Kier molecular flexibility index (Phi) is 5.87. The third-order valence-electron chi connectivity index (χ3n) is 5.26. The highest BCUT2D eigenvalue weighted by Gasteiger charge is 2.35. The minimum absolute atomic E-state index is 0.0691. The van der Waals surface area contributed by atoms with Crippen LogP contribution in [0.15, 0.2) is 60.7 Å². The molecule has 1 heterocycles. The van der Waals surface area contributed by atoms with Gasteiger partial charge in [0, 0.05) is 37.5 Å². The molecule has 3 atom stereocenters. The van der Waals surface area contributed by atoms with Gasteiger partial charge in [-0.25, -0.2) is 0 Å². The number of hydrogen-bond acceptors (Lipinski definition) is 2. The van der Waals surface area contributed by atoms with Crippen molar-refractivity contribution < 1.29 is 4.79 Å². The van der Waals surface area contributed by atoms with Crippen molar-refractivity contribution in [1.29, 1.82) is 0 Å². The van der Waals surface area contributed by atoms with Gasteiger partial charge in [0.1, 0.15) is 0 Å². The summed E-state index contributed by atoms with van der Waals surface area (Å²) in [4.78, 5) is 14.9. The van der Waals surface area contributed by atoms with E-state index in [4.69, 9.17) is 0 Å². The normalized spacial score (nSPS) is 21.8. The summed E-state index contributed by atoms with van der Waals surface area (Å²) in [5, 5.41) is 3.31. The van der Waals surface area contributed by atoms with Crippen LogP contribution < -0.4 is 5.32 Å². The molecule has 2 aromatic carbocycles. The zero-order valence-electron chi connectivity index (χ0n) is 15.2. The van der Waals surface area contributed by atoms with Gasteiger partial charge in [0.15, 0.2) is 0 Å². The van der Waals surface area contributed by atoms with E-state index in [0.717, 1.165) is 26.1 Å². The monoisotopic (exact) mass is 336 g/mol. The second-order valence-electron chi connectivity index (χ2n) is 7.12. The summed E-state index contributed by atoms with van der Waals surface area (Å²) in [5.41, 5.74) is 2.63. The third kappa shape index (κ3) is 4.49. The summed E-state index contributed by atoms with van der Waals surface area (Å²) in [5.74, 6) is 0.590. The van der Waals surface area contributed by atoms with Crippen LogP contribution >= 0.6 is 0 Å². The summed E-state index contributed by atoms with van der Waals surface area (Å²) < 4.78 is 0. The number of likely N-dealkylation sites (tertiary alicyclic amines) is 1. The van der Waals surface area contributed by atoms with E-state index in [1.807, 2.05) is 13.0 Å². The Morgan fingerprint density at radius 3 is 2.36 bits per heavy atom. The van der Waals surface area contributed by atoms with E-state index < -0.39 is 0 Å². The average Bonchev–Trinajstić information content (AvgIpc) is 3.04. The van der Waals surface area contributed by atoms with Gasteiger partial charge in [0.2, 0.25) is 5.91 Å². The average molecular weight is 336 g/mol. The maximum atomic E-state index is 12.4. The molecule has 2 aromatic rings. The summed E-state index contributed by atoms with van der Waals surface area (Å²) in [6, 6.07) is 21.3. The molecule has 3 nitrogen and oxygen atoms in total. The molecule has 0 aromatic heterocycles. The first-order valence-corrected chi connectivity index (χ1v) is 9.29. The molecule has 1 amide bonds. The number of nitrogens with zero attached hydrogens (tertiary/aromatic N) is 1. The van der Waals surface area contributed by atoms with Crippen LogP contribution in [0.25, 0.3) is 0 Å². The lowest BCUT2D eigenvalue weighted by atomic mass is 9.94. The molecule has 1 fully saturated rings. The van der Waals surface area contributed by atoms with E-state index in [0.29, 0.717) is 5.92 Å². The summed E-state index contributed by atoms with van der Waals surface area (Å²) in [7, 11) is 0. The highest BCUT2D eigenvalue weighted by molar-refractivity contribution is 5.78. The standard InChI is InChI=1S/C22H28N2O/c1-3-17(2)22(25)23-21-16-24(14-18-10-6-4-7-11-18)15-20(21)19-12-8-5-9-13-19/h4-13,17,20-21H,3,14-16H2,1-2H3,(H,23,25)/t17?,20-,21+/m0/s1. The minimum Gasteiger partial charge on any atom is -0.351 e. The van der Waals surface area contributed by atoms with Crippen LogP contribution in [0.1, 0.15) is 37.3 Å². The topological polar surface area (TPSA) is 32.3 Å². The zero-order chi connectivity index (χ0) is 17.6. The van der Waals surface area contributed by atoms with Gasteiger partial charge in [0.25, 0.3) is 0 Å². The number of benzene rings is 2. The molecule has 1 aliphatic heterocycles. The van der Waals surface area contributed by atoms with Gasteiger partial charge < -0.3 is 5.32 Å². The molecule has 1 aliphatic rings. The van der Waals surface area contributed by atoms with E-state index in [-0.39, 0.29) is 17.9 Å². The first-order valence-electron chi connectivity index (χ1n) is 9.29. The lowest BCUT2D eigenvalue weighted by Gasteiger charge is -2.22. The van der Waals surface area contributed by atoms with E-state index >= 15 is 0 Å². The van der Waals surface area contributed by atoms with Crippen LogP contribution in [0.5, 0.6) is 0 Å². The van der Waals surface area contributed by atoms with Gasteiger partial charge in [-0.2, -0.15) is 0 Å². The molecule has 0 saturated carbocycles. The predicted molar refractivity (Wildman–Crippen MR) is 102 cm³/mol. The maximum Gasteiger partial charge on any atom is 0.223 e. The highest BCUT2D eigenvalue weighted by Crippen LogP contribution is 2.29. The van der Waals surface area contributed by atoms with Crippen molar-refractivity contribution in [2.75, 3.05) is 13.1 Å². The fourth-order valence-corrected chi connectivity index (χ4v) is 3.55. The van der Waals surface area contributed by atoms with Gasteiger partial charge in [0.05, 0.1) is 0 Å². The van der Waals surface area contributed by atoms with Gasteiger partial charge in [-0.15, -0.1) is 0 Å². The van der Waals surface area contributed by atoms with E-state index in [2.05, 4.69) is 71.7 Å². The lowest BCUT2D eigenvalue weighted by Crippen LogP contribution is -2.42. The predicted octanol–water partition coefficient (Wildman–Crippen LogP) is 3.82. The van der Waals surface area contributed by atoms with E-state index in [9.17, 15) is 4.79 Å². The van der Waals surface area contributed by atoms with Gasteiger partial charge in [-0.1, -0.05) is 74.5 Å².